The van der Waals surface area contributed by atoms with Crippen molar-refractivity contribution in [2.75, 3.05) is 23.8 Å². The lowest BCUT2D eigenvalue weighted by molar-refractivity contribution is -0.120. The minimum absolute atomic E-state index is 0.0127. The predicted molar refractivity (Wildman–Crippen MR) is 105 cm³/mol. The summed E-state index contributed by atoms with van der Waals surface area (Å²) < 4.78 is 4.91. The highest BCUT2D eigenvalue weighted by atomic mass is 16.5. The van der Waals surface area contributed by atoms with E-state index in [4.69, 9.17) is 4.74 Å². The average molecular weight is 361 g/mol. The van der Waals surface area contributed by atoms with Crippen LogP contribution in [0.5, 0.6) is 0 Å². The van der Waals surface area contributed by atoms with Crippen molar-refractivity contribution in [1.29, 1.82) is 0 Å². The van der Waals surface area contributed by atoms with Crippen LogP contribution in [0.25, 0.3) is 0 Å². The van der Waals surface area contributed by atoms with Gasteiger partial charge in [0.25, 0.3) is 0 Å². The summed E-state index contributed by atoms with van der Waals surface area (Å²) in [5, 5.41) is 9.04. The molecule has 3 N–H and O–H groups in total. The molecule has 1 aliphatic carbocycles. The highest BCUT2D eigenvalue weighted by molar-refractivity contribution is 5.87. The summed E-state index contributed by atoms with van der Waals surface area (Å²) in [6, 6.07) is 5.84. The SMILES string of the molecule is CCOC(=O)Nc1cccc(NCC(=O)NC2CCCCCCC2)c1C. The quantitative estimate of drug-likeness (QED) is 0.709. The molecule has 1 fully saturated rings. The Morgan fingerprint density at radius 2 is 1.73 bits per heavy atom. The lowest BCUT2D eigenvalue weighted by Crippen LogP contribution is -2.38. The number of rotatable bonds is 6. The van der Waals surface area contributed by atoms with Gasteiger partial charge in [-0.1, -0.05) is 38.2 Å². The zero-order valence-electron chi connectivity index (χ0n) is 15.9. The van der Waals surface area contributed by atoms with Crippen LogP contribution in [0, 0.1) is 6.92 Å². The third-order valence-electron chi connectivity index (χ3n) is 4.76. The lowest BCUT2D eigenvalue weighted by Gasteiger charge is -2.21. The number of ether oxygens (including phenoxy) is 1. The van der Waals surface area contributed by atoms with E-state index < -0.39 is 6.09 Å². The van der Waals surface area contributed by atoms with Gasteiger partial charge in [-0.3, -0.25) is 10.1 Å². The zero-order valence-corrected chi connectivity index (χ0v) is 15.9. The fourth-order valence-electron chi connectivity index (χ4n) is 3.29. The summed E-state index contributed by atoms with van der Waals surface area (Å²) in [4.78, 5) is 23.9. The Morgan fingerprint density at radius 3 is 2.42 bits per heavy atom. The van der Waals surface area contributed by atoms with Crippen molar-refractivity contribution in [2.24, 2.45) is 0 Å². The summed E-state index contributed by atoms with van der Waals surface area (Å²) >= 11 is 0. The van der Waals surface area contributed by atoms with E-state index in [9.17, 15) is 9.59 Å². The van der Waals surface area contributed by atoms with Crippen LogP contribution in [0.1, 0.15) is 57.4 Å². The molecule has 2 rings (SSSR count). The van der Waals surface area contributed by atoms with Crippen molar-refractivity contribution >= 4 is 23.4 Å². The van der Waals surface area contributed by atoms with E-state index in [1.807, 2.05) is 25.1 Å². The maximum Gasteiger partial charge on any atom is 0.411 e. The van der Waals surface area contributed by atoms with Gasteiger partial charge in [-0.05, 0) is 44.4 Å². The minimum Gasteiger partial charge on any atom is -0.450 e. The van der Waals surface area contributed by atoms with E-state index in [1.54, 1.807) is 6.92 Å². The summed E-state index contributed by atoms with van der Waals surface area (Å²) in [7, 11) is 0. The van der Waals surface area contributed by atoms with Crippen molar-refractivity contribution in [1.82, 2.24) is 5.32 Å². The highest BCUT2D eigenvalue weighted by Gasteiger charge is 2.14. The minimum atomic E-state index is -0.477. The molecule has 0 spiro atoms. The zero-order chi connectivity index (χ0) is 18.8. The Balaban J connectivity index is 1.85. The molecular formula is C20H31N3O3. The normalized spacial score (nSPS) is 15.5. The topological polar surface area (TPSA) is 79.5 Å². The van der Waals surface area contributed by atoms with Gasteiger partial charge in [0.1, 0.15) is 0 Å². The fourth-order valence-corrected chi connectivity index (χ4v) is 3.29. The van der Waals surface area contributed by atoms with E-state index in [-0.39, 0.29) is 12.5 Å². The van der Waals surface area contributed by atoms with Gasteiger partial charge in [0.15, 0.2) is 0 Å². The Hall–Kier alpha value is -2.24. The van der Waals surface area contributed by atoms with E-state index in [1.165, 1.54) is 32.1 Å². The van der Waals surface area contributed by atoms with Gasteiger partial charge in [0.2, 0.25) is 5.91 Å². The van der Waals surface area contributed by atoms with Gasteiger partial charge in [-0.25, -0.2) is 4.79 Å². The van der Waals surface area contributed by atoms with Crippen LogP contribution in [0.15, 0.2) is 18.2 Å². The van der Waals surface area contributed by atoms with E-state index in [0.717, 1.165) is 24.1 Å². The van der Waals surface area contributed by atoms with E-state index in [0.29, 0.717) is 18.3 Å². The molecule has 1 aromatic rings. The first-order valence-electron chi connectivity index (χ1n) is 9.66. The number of hydrogen-bond donors (Lipinski definition) is 3. The molecule has 0 aromatic heterocycles. The van der Waals surface area contributed by atoms with Crippen molar-refractivity contribution in [3.63, 3.8) is 0 Å². The molecule has 2 amide bonds. The summed E-state index contributed by atoms with van der Waals surface area (Å²) in [6.07, 6.45) is 7.91. The number of amides is 2. The van der Waals surface area contributed by atoms with E-state index >= 15 is 0 Å². The summed E-state index contributed by atoms with van der Waals surface area (Å²) in [5.41, 5.74) is 2.38. The maximum absolute atomic E-state index is 12.3. The second-order valence-electron chi connectivity index (χ2n) is 6.79. The first-order valence-corrected chi connectivity index (χ1v) is 9.66. The van der Waals surface area contributed by atoms with Gasteiger partial charge in [-0.2, -0.15) is 0 Å². The number of benzene rings is 1. The molecule has 1 aliphatic rings. The first kappa shape index (κ1) is 20.1. The van der Waals surface area contributed by atoms with Crippen molar-refractivity contribution in [3.05, 3.63) is 23.8 Å². The Morgan fingerprint density at radius 1 is 1.08 bits per heavy atom. The van der Waals surface area contributed by atoms with Crippen molar-refractivity contribution in [3.8, 4) is 0 Å². The van der Waals surface area contributed by atoms with Crippen LogP contribution in [0.4, 0.5) is 16.2 Å². The monoisotopic (exact) mass is 361 g/mol. The molecule has 0 unspecified atom stereocenters. The van der Waals surface area contributed by atoms with Gasteiger partial charge >= 0.3 is 6.09 Å². The van der Waals surface area contributed by atoms with Crippen LogP contribution in [0.3, 0.4) is 0 Å². The molecule has 26 heavy (non-hydrogen) atoms. The standard InChI is InChI=1S/C20H31N3O3/c1-3-26-20(25)23-18-13-9-12-17(15(18)2)21-14-19(24)22-16-10-7-5-4-6-8-11-16/h9,12-13,16,21H,3-8,10-11,14H2,1-2H3,(H,22,24)(H,23,25). The molecule has 6 heteroatoms. The van der Waals surface area contributed by atoms with Crippen LogP contribution in [-0.4, -0.2) is 31.2 Å². The third-order valence-corrected chi connectivity index (χ3v) is 4.76. The number of carbonyl (C=O) groups excluding carboxylic acids is 2. The van der Waals surface area contributed by atoms with Gasteiger partial charge in [-0.15, -0.1) is 0 Å². The van der Waals surface area contributed by atoms with Crippen molar-refractivity contribution < 1.29 is 14.3 Å². The molecule has 144 valence electrons. The molecule has 0 saturated heterocycles. The van der Waals surface area contributed by atoms with Crippen molar-refractivity contribution in [2.45, 2.75) is 64.8 Å². The van der Waals surface area contributed by atoms with Crippen LogP contribution in [-0.2, 0) is 9.53 Å². The fraction of sp³-hybridized carbons (Fsp3) is 0.600. The molecule has 0 aliphatic heterocycles. The molecule has 0 bridgehead atoms. The highest BCUT2D eigenvalue weighted by Crippen LogP contribution is 2.23. The van der Waals surface area contributed by atoms with Gasteiger partial charge in [0.05, 0.1) is 13.2 Å². The first-order chi connectivity index (χ1) is 12.6. The third kappa shape index (κ3) is 6.58. The molecule has 0 atom stereocenters. The Kier molecular flexibility index (Phi) is 8.25. The van der Waals surface area contributed by atoms with Crippen LogP contribution < -0.4 is 16.0 Å². The molecule has 0 radical (unpaired) electrons. The molecule has 1 saturated carbocycles. The average Bonchev–Trinajstić information content (AvgIpc) is 2.58. The second kappa shape index (κ2) is 10.7. The van der Waals surface area contributed by atoms with E-state index in [2.05, 4.69) is 16.0 Å². The molecule has 6 nitrogen and oxygen atoms in total. The Bertz CT molecular complexity index is 596. The van der Waals surface area contributed by atoms with Gasteiger partial charge < -0.3 is 15.4 Å². The van der Waals surface area contributed by atoms with Gasteiger partial charge in [0, 0.05) is 17.4 Å². The smallest absolute Gasteiger partial charge is 0.411 e. The van der Waals surface area contributed by atoms with Crippen LogP contribution in [0.2, 0.25) is 0 Å². The number of anilines is 2. The largest absolute Gasteiger partial charge is 0.450 e. The lowest BCUT2D eigenvalue weighted by atomic mass is 9.97. The number of carbonyl (C=O) groups is 2. The maximum atomic E-state index is 12.3. The molecule has 1 aromatic carbocycles. The summed E-state index contributed by atoms with van der Waals surface area (Å²) in [6.45, 7) is 4.21. The number of nitrogens with one attached hydrogen (secondary N) is 3. The summed E-state index contributed by atoms with van der Waals surface area (Å²) in [5.74, 6) is 0.0127. The predicted octanol–water partition coefficient (Wildman–Crippen LogP) is 4.20. The molecule has 0 heterocycles. The molecular weight excluding hydrogens is 330 g/mol. The van der Waals surface area contributed by atoms with Crippen LogP contribution >= 0.6 is 0 Å². The Labute approximate surface area is 156 Å². The second-order valence-corrected chi connectivity index (χ2v) is 6.79. The number of hydrogen-bond acceptors (Lipinski definition) is 4.